The number of nitrogens with one attached hydrogen (secondary N) is 2. The number of benzene rings is 3. The number of anilines is 4. The Balaban J connectivity index is 1.39. The monoisotopic (exact) mass is 363 g/mol. The van der Waals surface area contributed by atoms with Gasteiger partial charge < -0.3 is 10.6 Å². The molecule has 0 aliphatic carbocycles. The molecule has 0 atom stereocenters. The van der Waals surface area contributed by atoms with Gasteiger partial charge in [-0.25, -0.2) is 4.98 Å². The molecule has 134 valence electrons. The van der Waals surface area contributed by atoms with E-state index in [0.717, 1.165) is 28.1 Å². The number of fused-ring (bicyclic) bond motifs is 2. The third-order valence-corrected chi connectivity index (χ3v) is 4.54. The molecule has 0 saturated heterocycles. The van der Waals surface area contributed by atoms with Gasteiger partial charge in [0, 0.05) is 29.2 Å². The second-order valence-corrected chi connectivity index (χ2v) is 6.49. The summed E-state index contributed by atoms with van der Waals surface area (Å²) < 4.78 is 0. The molecule has 2 heterocycles. The van der Waals surface area contributed by atoms with Crippen molar-refractivity contribution in [2.24, 2.45) is 0 Å². The van der Waals surface area contributed by atoms with Crippen LogP contribution in [0.4, 0.5) is 23.1 Å². The fourth-order valence-electron chi connectivity index (χ4n) is 3.19. The summed E-state index contributed by atoms with van der Waals surface area (Å²) in [4.78, 5) is 13.3. The number of aromatic nitrogens is 3. The third kappa shape index (κ3) is 3.33. The predicted octanol–water partition coefficient (Wildman–Crippen LogP) is 5.67. The van der Waals surface area contributed by atoms with Crippen molar-refractivity contribution in [2.75, 3.05) is 10.6 Å². The molecule has 5 rings (SSSR count). The fourth-order valence-corrected chi connectivity index (χ4v) is 3.19. The molecule has 0 saturated carbocycles. The van der Waals surface area contributed by atoms with Crippen LogP contribution in [-0.4, -0.2) is 15.0 Å². The molecular weight excluding hydrogens is 346 g/mol. The van der Waals surface area contributed by atoms with Gasteiger partial charge in [0.05, 0.1) is 5.52 Å². The molecular formula is C23H17N5. The topological polar surface area (TPSA) is 62.7 Å². The van der Waals surface area contributed by atoms with E-state index in [2.05, 4.69) is 55.9 Å². The average Bonchev–Trinajstić information content (AvgIpc) is 2.74. The maximum atomic E-state index is 4.57. The zero-order chi connectivity index (χ0) is 18.8. The van der Waals surface area contributed by atoms with Crippen LogP contribution in [-0.2, 0) is 0 Å². The van der Waals surface area contributed by atoms with Crippen LogP contribution in [0.25, 0.3) is 21.7 Å². The molecule has 3 aromatic carbocycles. The summed E-state index contributed by atoms with van der Waals surface area (Å²) >= 11 is 0. The minimum absolute atomic E-state index is 0.544. The highest BCUT2D eigenvalue weighted by atomic mass is 15.1. The molecule has 0 radical (unpaired) electrons. The van der Waals surface area contributed by atoms with Crippen molar-refractivity contribution in [1.82, 2.24) is 15.0 Å². The lowest BCUT2D eigenvalue weighted by atomic mass is 10.1. The molecule has 5 heteroatoms. The summed E-state index contributed by atoms with van der Waals surface area (Å²) in [6.45, 7) is 0. The summed E-state index contributed by atoms with van der Waals surface area (Å²) in [5, 5.41) is 10.1. The Bertz CT molecular complexity index is 1190. The van der Waals surface area contributed by atoms with Gasteiger partial charge in [0.1, 0.15) is 5.82 Å². The first-order valence-electron chi connectivity index (χ1n) is 9.04. The lowest BCUT2D eigenvalue weighted by Gasteiger charge is -2.09. The van der Waals surface area contributed by atoms with Crippen LogP contribution in [0.3, 0.4) is 0 Å². The first-order chi connectivity index (χ1) is 13.8. The molecule has 0 unspecified atom stereocenters. The Labute approximate surface area is 162 Å². The van der Waals surface area contributed by atoms with E-state index >= 15 is 0 Å². The highest BCUT2D eigenvalue weighted by molar-refractivity contribution is 5.86. The fraction of sp³-hybridized carbons (Fsp3) is 0. The van der Waals surface area contributed by atoms with E-state index < -0.39 is 0 Å². The molecule has 28 heavy (non-hydrogen) atoms. The van der Waals surface area contributed by atoms with Crippen molar-refractivity contribution < 1.29 is 0 Å². The highest BCUT2D eigenvalue weighted by Gasteiger charge is 2.03. The number of nitrogens with zero attached hydrogens (tertiary/aromatic N) is 3. The second-order valence-electron chi connectivity index (χ2n) is 6.49. The van der Waals surface area contributed by atoms with Crippen LogP contribution in [0.1, 0.15) is 0 Å². The maximum absolute atomic E-state index is 4.57. The zero-order valence-electron chi connectivity index (χ0n) is 15.0. The van der Waals surface area contributed by atoms with Crippen LogP contribution in [0.5, 0.6) is 0 Å². The molecule has 0 fully saturated rings. The van der Waals surface area contributed by atoms with Crippen molar-refractivity contribution in [1.29, 1.82) is 0 Å². The minimum Gasteiger partial charge on any atom is -0.340 e. The molecule has 0 bridgehead atoms. The predicted molar refractivity (Wildman–Crippen MR) is 114 cm³/mol. The van der Waals surface area contributed by atoms with E-state index in [0.29, 0.717) is 5.95 Å². The Kier molecular flexibility index (Phi) is 4.03. The lowest BCUT2D eigenvalue weighted by Crippen LogP contribution is -2.00. The average molecular weight is 363 g/mol. The molecule has 2 N–H and O–H groups in total. The van der Waals surface area contributed by atoms with Crippen molar-refractivity contribution in [3.05, 3.63) is 91.3 Å². The van der Waals surface area contributed by atoms with Gasteiger partial charge in [0.2, 0.25) is 5.95 Å². The molecule has 0 amide bonds. The van der Waals surface area contributed by atoms with Crippen LogP contribution < -0.4 is 10.6 Å². The number of hydrogen-bond acceptors (Lipinski definition) is 5. The van der Waals surface area contributed by atoms with Crippen LogP contribution in [0, 0.1) is 0 Å². The number of hydrogen-bond donors (Lipinski definition) is 2. The van der Waals surface area contributed by atoms with Gasteiger partial charge in [-0.3, -0.25) is 4.98 Å². The van der Waals surface area contributed by atoms with Gasteiger partial charge >= 0.3 is 0 Å². The summed E-state index contributed by atoms with van der Waals surface area (Å²) in [7, 11) is 0. The Morgan fingerprint density at radius 2 is 1.36 bits per heavy atom. The van der Waals surface area contributed by atoms with Crippen molar-refractivity contribution in [2.45, 2.75) is 0 Å². The van der Waals surface area contributed by atoms with E-state index in [4.69, 9.17) is 0 Å². The van der Waals surface area contributed by atoms with E-state index in [9.17, 15) is 0 Å². The van der Waals surface area contributed by atoms with Crippen LogP contribution in [0.15, 0.2) is 91.3 Å². The van der Waals surface area contributed by atoms with E-state index in [1.165, 1.54) is 10.8 Å². The van der Waals surface area contributed by atoms with Gasteiger partial charge in [-0.05, 0) is 53.2 Å². The summed E-state index contributed by atoms with van der Waals surface area (Å²) in [5.41, 5.74) is 2.87. The molecule has 0 spiro atoms. The number of pyridine rings is 1. The van der Waals surface area contributed by atoms with Crippen molar-refractivity contribution in [3.8, 4) is 0 Å². The van der Waals surface area contributed by atoms with Gasteiger partial charge in [0.15, 0.2) is 0 Å². The largest absolute Gasteiger partial charge is 0.340 e. The Hall–Kier alpha value is -3.99. The van der Waals surface area contributed by atoms with E-state index in [1.807, 2.05) is 48.5 Å². The molecule has 5 nitrogen and oxygen atoms in total. The Morgan fingerprint density at radius 3 is 2.32 bits per heavy atom. The molecule has 0 aliphatic rings. The van der Waals surface area contributed by atoms with Crippen molar-refractivity contribution >= 4 is 44.8 Å². The second kappa shape index (κ2) is 6.96. The first-order valence-corrected chi connectivity index (χ1v) is 9.04. The molecule has 5 aromatic rings. The lowest BCUT2D eigenvalue weighted by molar-refractivity contribution is 1.17. The van der Waals surface area contributed by atoms with Gasteiger partial charge in [0.25, 0.3) is 0 Å². The van der Waals surface area contributed by atoms with Gasteiger partial charge in [-0.2, -0.15) is 4.98 Å². The summed E-state index contributed by atoms with van der Waals surface area (Å²) in [6.07, 6.45) is 3.53. The minimum atomic E-state index is 0.544. The normalized spacial score (nSPS) is 10.9. The van der Waals surface area contributed by atoms with Gasteiger partial charge in [-0.15, -0.1) is 0 Å². The van der Waals surface area contributed by atoms with Crippen LogP contribution in [0.2, 0.25) is 0 Å². The van der Waals surface area contributed by atoms with E-state index in [-0.39, 0.29) is 0 Å². The SMILES string of the molecule is c1ccc2cc(Nc3nccc(Nc4ccc5ncccc5c4)n3)ccc2c1. The van der Waals surface area contributed by atoms with E-state index in [1.54, 1.807) is 12.4 Å². The summed E-state index contributed by atoms with van der Waals surface area (Å²) in [5.74, 6) is 1.27. The standard InChI is InChI=1S/C23H17N5/c1-2-5-17-14-20(8-7-16(17)4-1)27-23-25-13-11-22(28-23)26-19-9-10-21-18(15-19)6-3-12-24-21/h1-15H,(H2,25,26,27,28). The molecule has 0 aliphatic heterocycles. The smallest absolute Gasteiger partial charge is 0.229 e. The van der Waals surface area contributed by atoms with Crippen LogP contribution >= 0.6 is 0 Å². The third-order valence-electron chi connectivity index (χ3n) is 4.54. The Morgan fingerprint density at radius 1 is 0.571 bits per heavy atom. The number of rotatable bonds is 4. The maximum Gasteiger partial charge on any atom is 0.229 e. The quantitative estimate of drug-likeness (QED) is 0.431. The highest BCUT2D eigenvalue weighted by Crippen LogP contribution is 2.23. The first kappa shape index (κ1) is 16.2. The zero-order valence-corrected chi connectivity index (χ0v) is 15.0. The molecule has 2 aromatic heterocycles. The van der Waals surface area contributed by atoms with Gasteiger partial charge in [-0.1, -0.05) is 36.4 Å². The summed E-state index contributed by atoms with van der Waals surface area (Å²) in [6, 6.07) is 26.3. The van der Waals surface area contributed by atoms with Crippen molar-refractivity contribution in [3.63, 3.8) is 0 Å².